The number of hydrogen-bond donors (Lipinski definition) is 0. The van der Waals surface area contributed by atoms with Crippen LogP contribution in [0.1, 0.15) is 11.4 Å². The van der Waals surface area contributed by atoms with Gasteiger partial charge in [-0.3, -0.25) is 0 Å². The quantitative estimate of drug-likeness (QED) is 0.603. The van der Waals surface area contributed by atoms with E-state index >= 15 is 0 Å². The molecule has 0 N–H and O–H groups in total. The van der Waals surface area contributed by atoms with E-state index < -0.39 is 12.6 Å². The summed E-state index contributed by atoms with van der Waals surface area (Å²) in [7, 11) is 1.64. The lowest BCUT2D eigenvalue weighted by atomic mass is 10.1. The monoisotopic (exact) mass is 379 g/mol. The molecule has 3 rings (SSSR count). The van der Waals surface area contributed by atoms with Gasteiger partial charge >= 0.3 is 6.18 Å². The van der Waals surface area contributed by atoms with Crippen molar-refractivity contribution in [2.45, 2.75) is 32.1 Å². The Labute approximate surface area is 154 Å². The number of rotatable bonds is 8. The second kappa shape index (κ2) is 8.34. The Morgan fingerprint density at radius 3 is 2.56 bits per heavy atom. The SMILES string of the molecule is COCCn1cnnc1CCn1ccnc1-c1ccc(CC(F)(F)F)cc1. The number of alkyl halides is 3. The smallest absolute Gasteiger partial charge is 0.383 e. The summed E-state index contributed by atoms with van der Waals surface area (Å²) in [5, 5.41) is 8.07. The molecule has 0 saturated heterocycles. The van der Waals surface area contributed by atoms with Crippen molar-refractivity contribution in [2.24, 2.45) is 0 Å². The number of aromatic nitrogens is 5. The number of benzene rings is 1. The van der Waals surface area contributed by atoms with Crippen LogP contribution < -0.4 is 0 Å². The van der Waals surface area contributed by atoms with Gasteiger partial charge < -0.3 is 13.9 Å². The molecule has 1 aromatic carbocycles. The molecule has 0 fully saturated rings. The van der Waals surface area contributed by atoms with E-state index in [2.05, 4.69) is 15.2 Å². The third-order valence-electron chi connectivity index (χ3n) is 4.14. The van der Waals surface area contributed by atoms with Crippen molar-refractivity contribution in [3.05, 3.63) is 54.4 Å². The Bertz CT molecular complexity index is 855. The number of nitrogens with zero attached hydrogens (tertiary/aromatic N) is 5. The van der Waals surface area contributed by atoms with Crippen molar-refractivity contribution in [1.29, 1.82) is 0 Å². The van der Waals surface area contributed by atoms with E-state index in [-0.39, 0.29) is 5.56 Å². The van der Waals surface area contributed by atoms with Gasteiger partial charge in [0, 0.05) is 44.6 Å². The molecule has 9 heteroatoms. The zero-order valence-electron chi connectivity index (χ0n) is 14.9. The molecule has 0 radical (unpaired) electrons. The number of imidazole rings is 1. The lowest BCUT2D eigenvalue weighted by Gasteiger charge is -2.10. The van der Waals surface area contributed by atoms with Gasteiger partial charge in [0.05, 0.1) is 13.0 Å². The van der Waals surface area contributed by atoms with E-state index in [1.807, 2.05) is 15.3 Å². The molecule has 0 unspecified atom stereocenters. The fourth-order valence-corrected chi connectivity index (χ4v) is 2.82. The van der Waals surface area contributed by atoms with Crippen LogP contribution in [0.5, 0.6) is 0 Å². The van der Waals surface area contributed by atoms with Crippen molar-refractivity contribution in [1.82, 2.24) is 24.3 Å². The molecule has 0 aliphatic carbocycles. The van der Waals surface area contributed by atoms with Gasteiger partial charge in [0.25, 0.3) is 0 Å². The molecule has 27 heavy (non-hydrogen) atoms. The minimum atomic E-state index is -4.21. The average Bonchev–Trinajstić information content (AvgIpc) is 3.26. The number of ether oxygens (including phenoxy) is 1. The van der Waals surface area contributed by atoms with E-state index in [0.29, 0.717) is 31.9 Å². The fraction of sp³-hybridized carbons (Fsp3) is 0.389. The summed E-state index contributed by atoms with van der Waals surface area (Å²) in [6, 6.07) is 6.31. The van der Waals surface area contributed by atoms with Gasteiger partial charge in [-0.15, -0.1) is 10.2 Å². The van der Waals surface area contributed by atoms with Gasteiger partial charge in [0.2, 0.25) is 0 Å². The number of halogens is 3. The van der Waals surface area contributed by atoms with E-state index in [4.69, 9.17) is 4.74 Å². The van der Waals surface area contributed by atoms with Crippen LogP contribution in [0.15, 0.2) is 43.0 Å². The summed E-state index contributed by atoms with van der Waals surface area (Å²) in [5.41, 5.74) is 1.00. The molecule has 0 aliphatic rings. The summed E-state index contributed by atoms with van der Waals surface area (Å²) in [6.07, 6.45) is 0.697. The summed E-state index contributed by atoms with van der Waals surface area (Å²) < 4.78 is 46.4. The maximum atomic E-state index is 12.5. The first-order chi connectivity index (χ1) is 13.0. The van der Waals surface area contributed by atoms with Crippen molar-refractivity contribution in [3.8, 4) is 11.4 Å². The van der Waals surface area contributed by atoms with Gasteiger partial charge in [0.15, 0.2) is 0 Å². The van der Waals surface area contributed by atoms with Crippen LogP contribution in [0.4, 0.5) is 13.2 Å². The van der Waals surface area contributed by atoms with Crippen molar-refractivity contribution < 1.29 is 17.9 Å². The predicted octanol–water partition coefficient (Wildman–Crippen LogP) is 3.14. The van der Waals surface area contributed by atoms with E-state index in [9.17, 15) is 13.2 Å². The molecule has 144 valence electrons. The first-order valence-corrected chi connectivity index (χ1v) is 8.49. The minimum Gasteiger partial charge on any atom is -0.383 e. The normalized spacial score (nSPS) is 11.9. The molecule has 3 aromatic rings. The highest BCUT2D eigenvalue weighted by molar-refractivity contribution is 5.56. The number of hydrogen-bond acceptors (Lipinski definition) is 4. The third kappa shape index (κ3) is 5.16. The Balaban J connectivity index is 1.68. The summed E-state index contributed by atoms with van der Waals surface area (Å²) in [6.45, 7) is 1.88. The molecule has 0 saturated carbocycles. The maximum Gasteiger partial charge on any atom is 0.393 e. The first kappa shape index (κ1) is 19.1. The van der Waals surface area contributed by atoms with Crippen LogP contribution in [0, 0.1) is 0 Å². The molecule has 0 bridgehead atoms. The zero-order chi connectivity index (χ0) is 19.3. The lowest BCUT2D eigenvalue weighted by Crippen LogP contribution is -2.11. The highest BCUT2D eigenvalue weighted by Crippen LogP contribution is 2.24. The summed E-state index contributed by atoms with van der Waals surface area (Å²) in [5.74, 6) is 1.55. The predicted molar refractivity (Wildman–Crippen MR) is 93.0 cm³/mol. The number of methoxy groups -OCH3 is 1. The van der Waals surface area contributed by atoms with Gasteiger partial charge in [0.1, 0.15) is 18.0 Å². The molecule has 6 nitrogen and oxygen atoms in total. The standard InChI is InChI=1S/C18H20F3N5O/c1-27-11-10-26-13-23-24-16(26)6-8-25-9-7-22-17(25)15-4-2-14(3-5-15)12-18(19,20)21/h2-5,7,9,13H,6,8,10-12H2,1H3. The minimum absolute atomic E-state index is 0.232. The molecular weight excluding hydrogens is 359 g/mol. The lowest BCUT2D eigenvalue weighted by molar-refractivity contribution is -0.127. The van der Waals surface area contributed by atoms with E-state index in [1.165, 1.54) is 12.1 Å². The Hall–Kier alpha value is -2.68. The second-order valence-corrected chi connectivity index (χ2v) is 6.12. The molecule has 2 heterocycles. The number of aryl methyl sites for hydroxylation is 2. The molecule has 0 atom stereocenters. The van der Waals surface area contributed by atoms with E-state index in [1.54, 1.807) is 31.8 Å². The van der Waals surface area contributed by atoms with Crippen molar-refractivity contribution in [3.63, 3.8) is 0 Å². The molecule has 2 aromatic heterocycles. The van der Waals surface area contributed by atoms with Crippen LogP contribution in [-0.2, 0) is 30.7 Å². The fourth-order valence-electron chi connectivity index (χ4n) is 2.82. The Morgan fingerprint density at radius 2 is 1.85 bits per heavy atom. The third-order valence-corrected chi connectivity index (χ3v) is 4.14. The molecule has 0 aliphatic heterocycles. The van der Waals surface area contributed by atoms with Crippen LogP contribution >= 0.6 is 0 Å². The first-order valence-electron chi connectivity index (χ1n) is 8.49. The van der Waals surface area contributed by atoms with Crippen LogP contribution in [0.2, 0.25) is 0 Å². The Morgan fingerprint density at radius 1 is 1.07 bits per heavy atom. The maximum absolute atomic E-state index is 12.5. The van der Waals surface area contributed by atoms with Gasteiger partial charge in [-0.05, 0) is 5.56 Å². The van der Waals surface area contributed by atoms with Crippen LogP contribution in [0.3, 0.4) is 0 Å². The molecule has 0 spiro atoms. The zero-order valence-corrected chi connectivity index (χ0v) is 14.9. The van der Waals surface area contributed by atoms with Gasteiger partial charge in [-0.25, -0.2) is 4.98 Å². The topological polar surface area (TPSA) is 57.8 Å². The highest BCUT2D eigenvalue weighted by Gasteiger charge is 2.27. The highest BCUT2D eigenvalue weighted by atomic mass is 19.4. The van der Waals surface area contributed by atoms with Crippen molar-refractivity contribution >= 4 is 0 Å². The summed E-state index contributed by atoms with van der Waals surface area (Å²) in [4.78, 5) is 4.34. The van der Waals surface area contributed by atoms with Crippen LogP contribution in [-0.4, -0.2) is 44.2 Å². The molecular formula is C18H20F3N5O. The molecule has 0 amide bonds. The van der Waals surface area contributed by atoms with Crippen LogP contribution in [0.25, 0.3) is 11.4 Å². The second-order valence-electron chi connectivity index (χ2n) is 6.12. The average molecular weight is 379 g/mol. The van der Waals surface area contributed by atoms with Crippen molar-refractivity contribution in [2.75, 3.05) is 13.7 Å². The van der Waals surface area contributed by atoms with Gasteiger partial charge in [-0.2, -0.15) is 13.2 Å². The largest absolute Gasteiger partial charge is 0.393 e. The summed E-state index contributed by atoms with van der Waals surface area (Å²) >= 11 is 0. The Kier molecular flexibility index (Phi) is 5.90. The van der Waals surface area contributed by atoms with E-state index in [0.717, 1.165) is 11.4 Å². The van der Waals surface area contributed by atoms with Gasteiger partial charge in [-0.1, -0.05) is 24.3 Å².